The predicted octanol–water partition coefficient (Wildman–Crippen LogP) is 4.05. The summed E-state index contributed by atoms with van der Waals surface area (Å²) in [5.74, 6) is -1.03. The lowest BCUT2D eigenvalue weighted by atomic mass is 10.4. The van der Waals surface area contributed by atoms with Crippen molar-refractivity contribution in [2.24, 2.45) is 0 Å². The zero-order valence-electron chi connectivity index (χ0n) is 16.9. The molecule has 11 nitrogen and oxygen atoms in total. The van der Waals surface area contributed by atoms with Gasteiger partial charge < -0.3 is 5.11 Å². The van der Waals surface area contributed by atoms with E-state index in [2.05, 4.69) is 92.6 Å². The van der Waals surface area contributed by atoms with Gasteiger partial charge >= 0.3 is 5.97 Å². The largest absolute Gasteiger partial charge is 0.476 e. The number of carboxylic acid groups (broad SMARTS) is 1. The number of aromatic nitrogens is 9. The van der Waals surface area contributed by atoms with Crippen LogP contribution in [0.2, 0.25) is 0 Å². The van der Waals surface area contributed by atoms with Gasteiger partial charge in [-0.05, 0) is 67.1 Å². The molecular formula is C16H24Br3N9O2. The summed E-state index contributed by atoms with van der Waals surface area (Å²) in [4.78, 5) is 10.3. The van der Waals surface area contributed by atoms with Crippen molar-refractivity contribution in [3.05, 3.63) is 31.9 Å². The molecule has 0 aliphatic rings. The van der Waals surface area contributed by atoms with Gasteiger partial charge in [-0.15, -0.1) is 15.3 Å². The highest BCUT2D eigenvalue weighted by Crippen LogP contribution is 2.19. The highest BCUT2D eigenvalue weighted by atomic mass is 79.9. The second-order valence-corrected chi connectivity index (χ2v) is 8.19. The molecule has 3 rings (SSSR count). The number of rotatable bonds is 7. The third kappa shape index (κ3) is 9.43. The lowest BCUT2D eigenvalue weighted by Gasteiger charge is -1.95. The molecule has 1 N–H and O–H groups in total. The highest BCUT2D eigenvalue weighted by Gasteiger charge is 2.06. The fourth-order valence-electron chi connectivity index (χ4n) is 1.98. The summed E-state index contributed by atoms with van der Waals surface area (Å²) in [6.07, 6.45) is 6.36. The van der Waals surface area contributed by atoms with Crippen LogP contribution in [-0.4, -0.2) is 56.1 Å². The predicted molar refractivity (Wildman–Crippen MR) is 121 cm³/mol. The van der Waals surface area contributed by atoms with Crippen LogP contribution in [0, 0.1) is 0 Å². The Hall–Kier alpha value is -1.67. The third-order valence-corrected chi connectivity index (χ3v) is 5.46. The zero-order valence-corrected chi connectivity index (χ0v) is 21.7. The molecule has 0 aliphatic carbocycles. The van der Waals surface area contributed by atoms with Gasteiger partial charge in [0.1, 0.15) is 9.21 Å². The molecule has 0 fully saturated rings. The van der Waals surface area contributed by atoms with Crippen molar-refractivity contribution in [3.63, 3.8) is 0 Å². The normalized spacial score (nSPS) is 10.1. The van der Waals surface area contributed by atoms with Crippen molar-refractivity contribution in [1.29, 1.82) is 0 Å². The monoisotopic (exact) mass is 611 g/mol. The molecule has 0 amide bonds. The summed E-state index contributed by atoms with van der Waals surface area (Å²) in [7, 11) is 0. The van der Waals surface area contributed by atoms with Crippen LogP contribution in [-0.2, 0) is 19.6 Å². The van der Waals surface area contributed by atoms with E-state index in [1.54, 1.807) is 0 Å². The van der Waals surface area contributed by atoms with E-state index in [1.807, 2.05) is 22.5 Å². The minimum Gasteiger partial charge on any atom is -0.476 e. The molecule has 0 spiro atoms. The van der Waals surface area contributed by atoms with Crippen molar-refractivity contribution in [2.45, 2.75) is 59.7 Å². The number of halogens is 3. The Kier molecular flexibility index (Phi) is 12.6. The highest BCUT2D eigenvalue weighted by molar-refractivity contribution is 9.13. The molecule has 166 valence electrons. The molecular weight excluding hydrogens is 590 g/mol. The molecule has 14 heteroatoms. The quantitative estimate of drug-likeness (QED) is 0.422. The average molecular weight is 614 g/mol. The van der Waals surface area contributed by atoms with Gasteiger partial charge in [0.15, 0.2) is 10.3 Å². The van der Waals surface area contributed by atoms with Crippen LogP contribution in [0.15, 0.2) is 26.2 Å². The summed E-state index contributed by atoms with van der Waals surface area (Å²) in [6.45, 7) is 8.75. The molecule has 0 saturated carbocycles. The van der Waals surface area contributed by atoms with Crippen LogP contribution >= 0.6 is 47.8 Å². The first kappa shape index (κ1) is 26.4. The Balaban J connectivity index is 0.000000226. The molecule has 0 aromatic carbocycles. The first-order chi connectivity index (χ1) is 14.3. The van der Waals surface area contributed by atoms with Gasteiger partial charge in [0, 0.05) is 19.6 Å². The molecule has 0 bridgehead atoms. The van der Waals surface area contributed by atoms with Gasteiger partial charge in [0.25, 0.3) is 0 Å². The summed E-state index contributed by atoms with van der Waals surface area (Å²) < 4.78 is 7.61. The Labute approximate surface area is 199 Å². The Morgan fingerprint density at radius 3 is 1.83 bits per heavy atom. The van der Waals surface area contributed by atoms with E-state index in [0.29, 0.717) is 6.54 Å². The van der Waals surface area contributed by atoms with E-state index in [4.69, 9.17) is 5.11 Å². The van der Waals surface area contributed by atoms with E-state index in [1.165, 1.54) is 10.9 Å². The lowest BCUT2D eigenvalue weighted by Crippen LogP contribution is -1.98. The van der Waals surface area contributed by atoms with Gasteiger partial charge in [0.2, 0.25) is 0 Å². The minimum atomic E-state index is -1.03. The van der Waals surface area contributed by atoms with Gasteiger partial charge in [-0.25, -0.2) is 9.48 Å². The van der Waals surface area contributed by atoms with Gasteiger partial charge in [-0.3, -0.25) is 9.36 Å². The number of aromatic carboxylic acids is 1. The van der Waals surface area contributed by atoms with E-state index in [-0.39, 0.29) is 5.69 Å². The average Bonchev–Trinajstić information content (AvgIpc) is 3.42. The van der Waals surface area contributed by atoms with Crippen LogP contribution < -0.4 is 0 Å². The van der Waals surface area contributed by atoms with E-state index < -0.39 is 5.97 Å². The lowest BCUT2D eigenvalue weighted by molar-refractivity contribution is 0.0690. The van der Waals surface area contributed by atoms with Crippen molar-refractivity contribution >= 4 is 53.8 Å². The Morgan fingerprint density at radius 2 is 1.43 bits per heavy atom. The molecule has 3 aromatic heterocycles. The maximum atomic E-state index is 10.3. The number of hydrogen-bond acceptors (Lipinski definition) is 7. The zero-order chi connectivity index (χ0) is 22.5. The SMILES string of the molecule is CCCn1cc(Br)nn1.CCCn1cc(C(=O)O)nn1.CCCn1nnc(Br)c1Br. The first-order valence-electron chi connectivity index (χ1n) is 9.25. The Bertz CT molecular complexity index is 894. The second kappa shape index (κ2) is 14.4. The number of aryl methyl sites for hydroxylation is 3. The van der Waals surface area contributed by atoms with Crippen LogP contribution in [0.4, 0.5) is 0 Å². The summed E-state index contributed by atoms with van der Waals surface area (Å²) in [5, 5.41) is 30.8. The molecule has 30 heavy (non-hydrogen) atoms. The molecule has 0 atom stereocenters. The molecule has 3 aromatic rings. The van der Waals surface area contributed by atoms with Gasteiger partial charge in [0.05, 0.1) is 12.4 Å². The van der Waals surface area contributed by atoms with Crippen LogP contribution in [0.5, 0.6) is 0 Å². The maximum absolute atomic E-state index is 10.3. The van der Waals surface area contributed by atoms with Crippen molar-refractivity contribution in [3.8, 4) is 0 Å². The van der Waals surface area contributed by atoms with Gasteiger partial charge in [-0.1, -0.05) is 36.4 Å². The standard InChI is InChI=1S/C6H9N3O2.C5H7Br2N3.C5H8BrN3/c1-2-3-9-4-5(6(10)11)7-8-9;1-2-3-10-5(7)4(6)8-9-10;1-2-3-9-4-5(6)7-8-9/h4H,2-3H2,1H3,(H,10,11);2-3H2,1H3;4H,2-3H2,1H3. The fourth-order valence-corrected chi connectivity index (χ4v) is 2.89. The summed E-state index contributed by atoms with van der Waals surface area (Å²) >= 11 is 9.79. The van der Waals surface area contributed by atoms with Crippen molar-refractivity contribution in [1.82, 2.24) is 45.0 Å². The number of hydrogen-bond donors (Lipinski definition) is 1. The molecule has 3 heterocycles. The van der Waals surface area contributed by atoms with E-state index >= 15 is 0 Å². The van der Waals surface area contributed by atoms with Gasteiger partial charge in [-0.2, -0.15) is 0 Å². The molecule has 0 unspecified atom stereocenters. The fraction of sp³-hybridized carbons (Fsp3) is 0.562. The minimum absolute atomic E-state index is 0.00144. The van der Waals surface area contributed by atoms with E-state index in [9.17, 15) is 4.79 Å². The van der Waals surface area contributed by atoms with Crippen LogP contribution in [0.1, 0.15) is 50.5 Å². The third-order valence-electron chi connectivity index (χ3n) is 3.25. The maximum Gasteiger partial charge on any atom is 0.358 e. The number of carbonyl (C=O) groups is 1. The number of nitrogens with zero attached hydrogens (tertiary/aromatic N) is 9. The molecule has 0 radical (unpaired) electrons. The first-order valence-corrected chi connectivity index (χ1v) is 11.6. The molecule has 0 saturated heterocycles. The van der Waals surface area contributed by atoms with E-state index in [0.717, 1.165) is 46.2 Å². The van der Waals surface area contributed by atoms with Crippen LogP contribution in [0.3, 0.4) is 0 Å². The Morgan fingerprint density at radius 1 is 0.867 bits per heavy atom. The van der Waals surface area contributed by atoms with Crippen molar-refractivity contribution in [2.75, 3.05) is 0 Å². The smallest absolute Gasteiger partial charge is 0.358 e. The molecule has 0 aliphatic heterocycles. The topological polar surface area (TPSA) is 129 Å². The number of carboxylic acids is 1. The van der Waals surface area contributed by atoms with Crippen molar-refractivity contribution < 1.29 is 9.90 Å². The summed E-state index contributed by atoms with van der Waals surface area (Å²) in [6, 6.07) is 0. The summed E-state index contributed by atoms with van der Waals surface area (Å²) in [5.41, 5.74) is -0.00144. The second-order valence-electron chi connectivity index (χ2n) is 5.87. The van der Waals surface area contributed by atoms with Crippen LogP contribution in [0.25, 0.3) is 0 Å².